The van der Waals surface area contributed by atoms with Gasteiger partial charge in [0.15, 0.2) is 11.5 Å². The van der Waals surface area contributed by atoms with Crippen LogP contribution in [0.2, 0.25) is 0 Å². The molecule has 0 radical (unpaired) electrons. The van der Waals surface area contributed by atoms with Gasteiger partial charge in [-0.2, -0.15) is 0 Å². The number of rotatable bonds is 9. The zero-order chi connectivity index (χ0) is 15.0. The molecular formula is C17H27NO2. The molecule has 0 atom stereocenters. The number of hydrogen-bond acceptors (Lipinski definition) is 3. The summed E-state index contributed by atoms with van der Waals surface area (Å²) in [5.74, 6) is 1.59. The average molecular weight is 277 g/mol. The number of nitrogens with one attached hydrogen (secondary N) is 1. The molecule has 1 rings (SSSR count). The summed E-state index contributed by atoms with van der Waals surface area (Å²) in [4.78, 5) is 0. The smallest absolute Gasteiger partial charge is 0.161 e. The number of hydrogen-bond donors (Lipinski definition) is 1. The predicted molar refractivity (Wildman–Crippen MR) is 84.5 cm³/mol. The Morgan fingerprint density at radius 2 is 1.95 bits per heavy atom. The summed E-state index contributed by atoms with van der Waals surface area (Å²) in [6.07, 6.45) is 0.931. The maximum Gasteiger partial charge on any atom is 0.161 e. The maximum atomic E-state index is 5.78. The lowest BCUT2D eigenvalue weighted by molar-refractivity contribution is 0.291. The van der Waals surface area contributed by atoms with Gasteiger partial charge in [-0.05, 0) is 36.6 Å². The largest absolute Gasteiger partial charge is 0.490 e. The van der Waals surface area contributed by atoms with Crippen molar-refractivity contribution in [3.8, 4) is 11.5 Å². The topological polar surface area (TPSA) is 30.5 Å². The van der Waals surface area contributed by atoms with E-state index in [1.54, 1.807) is 0 Å². The predicted octanol–water partition coefficient (Wildman–Crippen LogP) is 3.93. The van der Waals surface area contributed by atoms with E-state index in [1.165, 1.54) is 5.56 Å². The number of benzene rings is 1. The summed E-state index contributed by atoms with van der Waals surface area (Å²) in [7, 11) is 0. The lowest BCUT2D eigenvalue weighted by atomic mass is 10.2. The summed E-state index contributed by atoms with van der Waals surface area (Å²) in [6.45, 7) is 14.3. The van der Waals surface area contributed by atoms with Crippen LogP contribution in [-0.2, 0) is 6.54 Å². The maximum absolute atomic E-state index is 5.78. The lowest BCUT2D eigenvalue weighted by Gasteiger charge is -2.15. The highest BCUT2D eigenvalue weighted by Gasteiger charge is 2.07. The molecule has 0 aliphatic carbocycles. The zero-order valence-electron chi connectivity index (χ0n) is 13.2. The molecule has 3 nitrogen and oxygen atoms in total. The zero-order valence-corrected chi connectivity index (χ0v) is 13.2. The van der Waals surface area contributed by atoms with Crippen LogP contribution in [0.4, 0.5) is 0 Å². The second-order valence-electron chi connectivity index (χ2n) is 5.14. The molecule has 0 aliphatic rings. The molecule has 0 aliphatic heterocycles. The molecule has 3 heteroatoms. The van der Waals surface area contributed by atoms with E-state index in [9.17, 15) is 0 Å². The van der Waals surface area contributed by atoms with Crippen molar-refractivity contribution >= 4 is 0 Å². The van der Waals surface area contributed by atoms with Gasteiger partial charge in [0.05, 0.1) is 6.61 Å². The van der Waals surface area contributed by atoms with Crippen molar-refractivity contribution in [1.29, 1.82) is 0 Å². The molecule has 1 N–H and O–H groups in total. The van der Waals surface area contributed by atoms with Crippen LogP contribution in [0, 0.1) is 0 Å². The molecule has 0 spiro atoms. The first-order valence-corrected chi connectivity index (χ1v) is 7.35. The van der Waals surface area contributed by atoms with Gasteiger partial charge in [0, 0.05) is 12.6 Å². The van der Waals surface area contributed by atoms with Crippen LogP contribution in [-0.4, -0.2) is 19.3 Å². The van der Waals surface area contributed by atoms with Crippen LogP contribution < -0.4 is 14.8 Å². The second kappa shape index (κ2) is 8.64. The summed E-state index contributed by atoms with van der Waals surface area (Å²) >= 11 is 0. The van der Waals surface area contributed by atoms with Crippen molar-refractivity contribution in [3.05, 3.63) is 35.9 Å². The second-order valence-corrected chi connectivity index (χ2v) is 5.14. The van der Waals surface area contributed by atoms with Gasteiger partial charge in [0.2, 0.25) is 0 Å². The highest BCUT2D eigenvalue weighted by Crippen LogP contribution is 2.29. The third kappa shape index (κ3) is 5.66. The van der Waals surface area contributed by atoms with Crippen molar-refractivity contribution in [1.82, 2.24) is 5.32 Å². The fourth-order valence-corrected chi connectivity index (χ4v) is 1.65. The van der Waals surface area contributed by atoms with Crippen LogP contribution >= 0.6 is 0 Å². The molecule has 112 valence electrons. The van der Waals surface area contributed by atoms with Crippen molar-refractivity contribution in [2.75, 3.05) is 13.2 Å². The summed E-state index contributed by atoms with van der Waals surface area (Å²) < 4.78 is 11.4. The first-order chi connectivity index (χ1) is 9.56. The molecule has 0 amide bonds. The van der Waals surface area contributed by atoms with E-state index in [2.05, 4.69) is 38.7 Å². The Hall–Kier alpha value is -1.48. The molecular weight excluding hydrogens is 250 g/mol. The van der Waals surface area contributed by atoms with Gasteiger partial charge in [0.1, 0.15) is 6.61 Å². The SMILES string of the molecule is C=C(CC)COc1ccc(CNC(C)C)cc1OCC. The molecule has 0 heterocycles. The van der Waals surface area contributed by atoms with Gasteiger partial charge >= 0.3 is 0 Å². The Labute approximate surface area is 123 Å². The number of ether oxygens (including phenoxy) is 2. The Bertz CT molecular complexity index is 427. The van der Waals surface area contributed by atoms with Crippen LogP contribution in [0.25, 0.3) is 0 Å². The van der Waals surface area contributed by atoms with Crippen LogP contribution in [0.5, 0.6) is 11.5 Å². The standard InChI is InChI=1S/C17H27NO2/c1-6-14(5)12-20-16-9-8-15(11-18-13(3)4)10-17(16)19-7-2/h8-10,13,18H,5-7,11-12H2,1-4H3. The third-order valence-corrected chi connectivity index (χ3v) is 2.95. The van der Waals surface area contributed by atoms with Crippen LogP contribution in [0.1, 0.15) is 39.7 Å². The molecule has 20 heavy (non-hydrogen) atoms. The minimum absolute atomic E-state index is 0.467. The monoisotopic (exact) mass is 277 g/mol. The van der Waals surface area contributed by atoms with Crippen LogP contribution in [0.15, 0.2) is 30.4 Å². The molecule has 0 aromatic heterocycles. The van der Waals surface area contributed by atoms with Gasteiger partial charge < -0.3 is 14.8 Å². The molecule has 0 saturated heterocycles. The Kier molecular flexibility index (Phi) is 7.16. The van der Waals surface area contributed by atoms with Gasteiger partial charge in [-0.1, -0.05) is 33.4 Å². The van der Waals surface area contributed by atoms with Gasteiger partial charge in [-0.3, -0.25) is 0 Å². The first-order valence-electron chi connectivity index (χ1n) is 7.35. The Balaban J connectivity index is 2.75. The summed E-state index contributed by atoms with van der Waals surface area (Å²) in [5, 5.41) is 3.40. The lowest BCUT2D eigenvalue weighted by Crippen LogP contribution is -2.21. The summed E-state index contributed by atoms with van der Waals surface area (Å²) in [6, 6.07) is 6.56. The van der Waals surface area contributed by atoms with E-state index in [1.807, 2.05) is 19.1 Å². The van der Waals surface area contributed by atoms with E-state index in [-0.39, 0.29) is 0 Å². The molecule has 1 aromatic carbocycles. The summed E-state index contributed by atoms with van der Waals surface area (Å²) in [5.41, 5.74) is 2.28. The molecule has 0 bridgehead atoms. The van der Waals surface area contributed by atoms with Crippen molar-refractivity contribution in [2.45, 2.75) is 46.7 Å². The third-order valence-electron chi connectivity index (χ3n) is 2.95. The average Bonchev–Trinajstić information content (AvgIpc) is 2.44. The fraction of sp³-hybridized carbons (Fsp3) is 0.529. The van der Waals surface area contributed by atoms with Gasteiger partial charge in [-0.25, -0.2) is 0 Å². The molecule has 0 saturated carbocycles. The van der Waals surface area contributed by atoms with Crippen LogP contribution in [0.3, 0.4) is 0 Å². The Morgan fingerprint density at radius 3 is 2.55 bits per heavy atom. The first kappa shape index (κ1) is 16.6. The molecule has 0 unspecified atom stereocenters. The molecule has 0 fully saturated rings. The van der Waals surface area contributed by atoms with E-state index in [0.29, 0.717) is 19.3 Å². The highest BCUT2D eigenvalue weighted by molar-refractivity contribution is 5.43. The van der Waals surface area contributed by atoms with Crippen molar-refractivity contribution in [2.24, 2.45) is 0 Å². The fourth-order valence-electron chi connectivity index (χ4n) is 1.65. The van der Waals surface area contributed by atoms with E-state index < -0.39 is 0 Å². The van der Waals surface area contributed by atoms with Crippen molar-refractivity contribution in [3.63, 3.8) is 0 Å². The van der Waals surface area contributed by atoms with Gasteiger partial charge in [0.25, 0.3) is 0 Å². The van der Waals surface area contributed by atoms with E-state index >= 15 is 0 Å². The van der Waals surface area contributed by atoms with E-state index in [0.717, 1.165) is 30.0 Å². The van der Waals surface area contributed by atoms with Gasteiger partial charge in [-0.15, -0.1) is 0 Å². The van der Waals surface area contributed by atoms with E-state index in [4.69, 9.17) is 9.47 Å². The minimum atomic E-state index is 0.467. The molecule has 1 aromatic rings. The normalized spacial score (nSPS) is 10.7. The quantitative estimate of drug-likeness (QED) is 0.694. The minimum Gasteiger partial charge on any atom is -0.490 e. The Morgan fingerprint density at radius 1 is 1.20 bits per heavy atom. The van der Waals surface area contributed by atoms with Crippen molar-refractivity contribution < 1.29 is 9.47 Å². The highest BCUT2D eigenvalue weighted by atomic mass is 16.5.